The number of hydrogen-bond acceptors (Lipinski definition) is 6. The van der Waals surface area contributed by atoms with Crippen molar-refractivity contribution < 1.29 is 19.2 Å². The first-order valence-corrected chi connectivity index (χ1v) is 10.3. The number of methoxy groups -OCH3 is 1. The molecule has 9 heteroatoms. The number of nitro benzene ring substituents is 1. The van der Waals surface area contributed by atoms with Gasteiger partial charge in [0.15, 0.2) is 4.80 Å². The lowest BCUT2D eigenvalue weighted by atomic mass is 10.1. The summed E-state index contributed by atoms with van der Waals surface area (Å²) in [5, 5.41) is 11.2. The zero-order chi connectivity index (χ0) is 21.7. The summed E-state index contributed by atoms with van der Waals surface area (Å²) in [5.41, 5.74) is 1.49. The second-order valence-corrected chi connectivity index (χ2v) is 7.65. The average Bonchev–Trinajstić information content (AvgIpc) is 3.07. The number of aromatic nitrogens is 1. The molecular weight excluding hydrogens is 406 g/mol. The lowest BCUT2D eigenvalue weighted by molar-refractivity contribution is -0.385. The Kier molecular flexibility index (Phi) is 6.73. The van der Waals surface area contributed by atoms with E-state index in [9.17, 15) is 19.7 Å². The molecule has 0 aliphatic heterocycles. The number of carbonyl (C=O) groups excluding carboxylic acids is 2. The molecule has 3 rings (SSSR count). The summed E-state index contributed by atoms with van der Waals surface area (Å²) in [7, 11) is 1.29. The van der Waals surface area contributed by atoms with E-state index in [1.165, 1.54) is 36.6 Å². The molecule has 0 N–H and O–H groups in total. The summed E-state index contributed by atoms with van der Waals surface area (Å²) in [6, 6.07) is 11.6. The molecule has 1 heterocycles. The number of rotatable bonds is 7. The van der Waals surface area contributed by atoms with Crippen molar-refractivity contribution in [2.24, 2.45) is 4.99 Å². The maximum Gasteiger partial charge on any atom is 0.325 e. The summed E-state index contributed by atoms with van der Waals surface area (Å²) in [6.45, 7) is 2.01. The normalized spacial score (nSPS) is 11.6. The smallest absolute Gasteiger partial charge is 0.325 e. The first-order chi connectivity index (χ1) is 14.4. The molecule has 2 aromatic carbocycles. The van der Waals surface area contributed by atoms with Crippen LogP contribution in [0.4, 0.5) is 5.69 Å². The highest BCUT2D eigenvalue weighted by Crippen LogP contribution is 2.22. The van der Waals surface area contributed by atoms with E-state index < -0.39 is 16.8 Å². The zero-order valence-corrected chi connectivity index (χ0v) is 17.5. The average molecular weight is 427 g/mol. The first kappa shape index (κ1) is 21.4. The van der Waals surface area contributed by atoms with Gasteiger partial charge in [0.25, 0.3) is 11.6 Å². The molecule has 3 aromatic rings. The van der Waals surface area contributed by atoms with Gasteiger partial charge in [-0.3, -0.25) is 19.7 Å². The molecule has 0 atom stereocenters. The molecule has 0 radical (unpaired) electrons. The number of carbonyl (C=O) groups is 2. The maximum absolute atomic E-state index is 12.7. The van der Waals surface area contributed by atoms with Gasteiger partial charge in [-0.1, -0.05) is 42.9 Å². The van der Waals surface area contributed by atoms with Crippen molar-refractivity contribution in [3.05, 3.63) is 68.5 Å². The minimum atomic E-state index is -0.737. The van der Waals surface area contributed by atoms with Crippen LogP contribution in [0.15, 0.2) is 47.5 Å². The van der Waals surface area contributed by atoms with Gasteiger partial charge in [0.1, 0.15) is 12.1 Å². The second kappa shape index (κ2) is 9.45. The van der Waals surface area contributed by atoms with Crippen molar-refractivity contribution in [1.82, 2.24) is 4.57 Å². The number of esters is 1. The molecule has 30 heavy (non-hydrogen) atoms. The van der Waals surface area contributed by atoms with Gasteiger partial charge >= 0.3 is 5.97 Å². The number of benzene rings is 2. The summed E-state index contributed by atoms with van der Waals surface area (Å²) < 4.78 is 7.25. The van der Waals surface area contributed by atoms with Crippen LogP contribution >= 0.6 is 11.3 Å². The van der Waals surface area contributed by atoms with Crippen LogP contribution in [-0.2, 0) is 22.5 Å². The second-order valence-electron chi connectivity index (χ2n) is 6.64. The number of ether oxygens (including phenoxy) is 1. The Bertz CT molecular complexity index is 1180. The van der Waals surface area contributed by atoms with Gasteiger partial charge in [-0.2, -0.15) is 4.99 Å². The molecule has 8 nitrogen and oxygen atoms in total. The van der Waals surface area contributed by atoms with Crippen LogP contribution < -0.4 is 4.80 Å². The van der Waals surface area contributed by atoms with E-state index in [1.54, 1.807) is 10.6 Å². The zero-order valence-electron chi connectivity index (χ0n) is 16.7. The molecule has 0 saturated heterocycles. The molecule has 0 fully saturated rings. The third-order valence-corrected chi connectivity index (χ3v) is 5.65. The van der Waals surface area contributed by atoms with Gasteiger partial charge in [-0.25, -0.2) is 0 Å². The lowest BCUT2D eigenvalue weighted by Gasteiger charge is -2.05. The topological polar surface area (TPSA) is 104 Å². The van der Waals surface area contributed by atoms with Crippen molar-refractivity contribution in [2.45, 2.75) is 32.7 Å². The fraction of sp³-hybridized carbons (Fsp3) is 0.286. The molecule has 1 aromatic heterocycles. The summed E-state index contributed by atoms with van der Waals surface area (Å²) in [6.07, 6.45) is 3.07. The number of hydrogen-bond donors (Lipinski definition) is 0. The number of fused-ring (bicyclic) bond motifs is 1. The predicted molar refractivity (Wildman–Crippen MR) is 113 cm³/mol. The van der Waals surface area contributed by atoms with Crippen LogP contribution in [0.1, 0.15) is 35.7 Å². The molecule has 0 spiro atoms. The number of unbranched alkanes of at least 4 members (excludes halogenated alkanes) is 1. The molecule has 1 amide bonds. The number of amides is 1. The number of nitro groups is 1. The molecule has 0 saturated carbocycles. The Hall–Kier alpha value is -3.33. The van der Waals surface area contributed by atoms with Crippen molar-refractivity contribution >= 4 is 39.1 Å². The minimum absolute atomic E-state index is 0.104. The number of nitrogens with zero attached hydrogens (tertiary/aromatic N) is 3. The molecular formula is C21H21N3O5S. The van der Waals surface area contributed by atoms with Crippen molar-refractivity contribution in [2.75, 3.05) is 7.11 Å². The molecule has 0 unspecified atom stereocenters. The SMILES string of the molecule is CCCCc1ccc2c(c1)sc(=NC(=O)c1ccccc1[N+](=O)[O-])n2CC(=O)OC. The molecule has 0 aliphatic rings. The number of para-hydroxylation sites is 1. The maximum atomic E-state index is 12.7. The summed E-state index contributed by atoms with van der Waals surface area (Å²) >= 11 is 1.26. The summed E-state index contributed by atoms with van der Waals surface area (Å²) in [4.78, 5) is 39.7. The van der Waals surface area contributed by atoms with E-state index in [0.29, 0.717) is 0 Å². The Labute approximate surface area is 176 Å². The van der Waals surface area contributed by atoms with E-state index >= 15 is 0 Å². The van der Waals surface area contributed by atoms with Crippen LogP contribution in [0, 0.1) is 10.1 Å². The minimum Gasteiger partial charge on any atom is -0.468 e. The predicted octanol–water partition coefficient (Wildman–Crippen LogP) is 3.87. The molecule has 0 bridgehead atoms. The van der Waals surface area contributed by atoms with E-state index in [4.69, 9.17) is 4.74 Å². The highest BCUT2D eigenvalue weighted by Gasteiger charge is 2.20. The molecule has 0 aliphatic carbocycles. The third kappa shape index (κ3) is 4.62. The Morgan fingerprint density at radius 1 is 1.23 bits per heavy atom. The van der Waals surface area contributed by atoms with Crippen molar-refractivity contribution in [1.29, 1.82) is 0 Å². The quantitative estimate of drug-likeness (QED) is 0.323. The fourth-order valence-electron chi connectivity index (χ4n) is 3.05. The Morgan fingerprint density at radius 3 is 2.70 bits per heavy atom. The first-order valence-electron chi connectivity index (χ1n) is 9.46. The Morgan fingerprint density at radius 2 is 2.00 bits per heavy atom. The monoisotopic (exact) mass is 427 g/mol. The molecule has 156 valence electrons. The van der Waals surface area contributed by atoms with Crippen LogP contribution in [0.3, 0.4) is 0 Å². The van der Waals surface area contributed by atoms with E-state index in [2.05, 4.69) is 11.9 Å². The van der Waals surface area contributed by atoms with Gasteiger partial charge < -0.3 is 9.30 Å². The fourth-order valence-corrected chi connectivity index (χ4v) is 4.14. The number of thiazole rings is 1. The van der Waals surface area contributed by atoms with Crippen LogP contribution in [-0.4, -0.2) is 28.5 Å². The van der Waals surface area contributed by atoms with Gasteiger partial charge in [0.2, 0.25) is 0 Å². The standard InChI is InChI=1S/C21H21N3O5S/c1-3-4-7-14-10-11-17-18(12-14)30-21(23(17)13-19(25)29-2)22-20(26)15-8-5-6-9-16(15)24(27)28/h5-6,8-12H,3-4,7,13H2,1-2H3. The third-order valence-electron chi connectivity index (χ3n) is 4.61. The van der Waals surface area contributed by atoms with Crippen LogP contribution in [0.25, 0.3) is 10.2 Å². The largest absolute Gasteiger partial charge is 0.468 e. The van der Waals surface area contributed by atoms with Gasteiger partial charge in [-0.05, 0) is 36.6 Å². The van der Waals surface area contributed by atoms with Gasteiger partial charge in [0, 0.05) is 6.07 Å². The highest BCUT2D eigenvalue weighted by atomic mass is 32.1. The number of aryl methyl sites for hydroxylation is 1. The van der Waals surface area contributed by atoms with Crippen LogP contribution in [0.2, 0.25) is 0 Å². The van der Waals surface area contributed by atoms with E-state index in [0.717, 1.165) is 35.0 Å². The van der Waals surface area contributed by atoms with Crippen molar-refractivity contribution in [3.8, 4) is 0 Å². The van der Waals surface area contributed by atoms with Crippen LogP contribution in [0.5, 0.6) is 0 Å². The highest BCUT2D eigenvalue weighted by molar-refractivity contribution is 7.16. The van der Waals surface area contributed by atoms with Gasteiger partial charge in [0.05, 0.1) is 22.2 Å². The van der Waals surface area contributed by atoms with Gasteiger partial charge in [-0.15, -0.1) is 0 Å². The van der Waals surface area contributed by atoms with Crippen molar-refractivity contribution in [3.63, 3.8) is 0 Å². The summed E-state index contributed by atoms with van der Waals surface area (Å²) in [5.74, 6) is -1.22. The van der Waals surface area contributed by atoms with E-state index in [1.807, 2.05) is 18.2 Å². The Balaban J connectivity index is 2.13. The van der Waals surface area contributed by atoms with E-state index in [-0.39, 0.29) is 22.6 Å². The lowest BCUT2D eigenvalue weighted by Crippen LogP contribution is -2.22.